The number of hydrogen-bond acceptors (Lipinski definition) is 4. The summed E-state index contributed by atoms with van der Waals surface area (Å²) in [6, 6.07) is 8.85. The molecule has 1 fully saturated rings. The standard InChI is InChI=1S/C20H33N3O3S/c1-4-18-13-8-9-15-23(18)16-10-14-21-20(24)19(22(2)27(3,25)26)17-11-6-5-7-12-17/h5-7,11-12,18-19H,4,8-10,13-16H2,1-3H3,(H,21,24)/t18-,19-/m0/s1. The maximum atomic E-state index is 12.8. The van der Waals surface area contributed by atoms with Gasteiger partial charge in [-0.25, -0.2) is 8.42 Å². The Hall–Kier alpha value is -1.44. The van der Waals surface area contributed by atoms with Crippen molar-refractivity contribution in [2.45, 2.75) is 51.1 Å². The number of nitrogens with one attached hydrogen (secondary N) is 1. The van der Waals surface area contributed by atoms with Gasteiger partial charge in [-0.15, -0.1) is 0 Å². The van der Waals surface area contributed by atoms with Gasteiger partial charge >= 0.3 is 0 Å². The lowest BCUT2D eigenvalue weighted by atomic mass is 10.00. The van der Waals surface area contributed by atoms with Gasteiger partial charge in [0.15, 0.2) is 0 Å². The Morgan fingerprint density at radius 3 is 2.63 bits per heavy atom. The Kier molecular flexibility index (Phi) is 8.26. The monoisotopic (exact) mass is 395 g/mol. The van der Waals surface area contributed by atoms with Crippen LogP contribution in [0.25, 0.3) is 0 Å². The van der Waals surface area contributed by atoms with E-state index in [-0.39, 0.29) is 5.91 Å². The summed E-state index contributed by atoms with van der Waals surface area (Å²) in [5, 5.41) is 2.93. The van der Waals surface area contributed by atoms with Crippen LogP contribution in [-0.2, 0) is 14.8 Å². The normalized spacial score (nSPS) is 19.8. The van der Waals surface area contributed by atoms with Crippen LogP contribution in [0.4, 0.5) is 0 Å². The van der Waals surface area contributed by atoms with E-state index in [2.05, 4.69) is 17.1 Å². The van der Waals surface area contributed by atoms with E-state index in [1.165, 1.54) is 32.7 Å². The van der Waals surface area contributed by atoms with Crippen molar-refractivity contribution in [1.29, 1.82) is 0 Å². The molecule has 1 N–H and O–H groups in total. The van der Waals surface area contributed by atoms with Crippen LogP contribution in [0.3, 0.4) is 0 Å². The molecular formula is C20H33N3O3S. The number of carbonyl (C=O) groups excluding carboxylic acids is 1. The van der Waals surface area contributed by atoms with Gasteiger partial charge in [0.1, 0.15) is 6.04 Å². The first kappa shape index (κ1) is 21.9. The van der Waals surface area contributed by atoms with E-state index in [9.17, 15) is 13.2 Å². The van der Waals surface area contributed by atoms with E-state index >= 15 is 0 Å². The molecule has 152 valence electrons. The average Bonchev–Trinajstić information content (AvgIpc) is 2.66. The molecule has 1 heterocycles. The zero-order chi connectivity index (χ0) is 19.9. The molecule has 1 saturated heterocycles. The molecule has 0 bridgehead atoms. The highest BCUT2D eigenvalue weighted by Gasteiger charge is 2.30. The summed E-state index contributed by atoms with van der Waals surface area (Å²) < 4.78 is 25.1. The van der Waals surface area contributed by atoms with Gasteiger partial charge in [-0.1, -0.05) is 43.7 Å². The van der Waals surface area contributed by atoms with Crippen LogP contribution in [-0.4, -0.2) is 62.5 Å². The molecule has 0 unspecified atom stereocenters. The number of sulfonamides is 1. The molecule has 7 heteroatoms. The number of hydrogen-bond donors (Lipinski definition) is 1. The van der Waals surface area contributed by atoms with Crippen LogP contribution in [0.15, 0.2) is 30.3 Å². The largest absolute Gasteiger partial charge is 0.354 e. The minimum absolute atomic E-state index is 0.278. The van der Waals surface area contributed by atoms with E-state index in [0.29, 0.717) is 18.2 Å². The van der Waals surface area contributed by atoms with Gasteiger partial charge in [0, 0.05) is 26.2 Å². The van der Waals surface area contributed by atoms with E-state index in [0.717, 1.165) is 30.1 Å². The zero-order valence-electron chi connectivity index (χ0n) is 16.7. The van der Waals surface area contributed by atoms with Crippen LogP contribution in [0.2, 0.25) is 0 Å². The number of rotatable bonds is 9. The van der Waals surface area contributed by atoms with E-state index in [1.54, 1.807) is 12.1 Å². The predicted octanol–water partition coefficient (Wildman–Crippen LogP) is 2.39. The first-order chi connectivity index (χ1) is 12.8. The van der Waals surface area contributed by atoms with Gasteiger partial charge in [0.25, 0.3) is 0 Å². The number of likely N-dealkylation sites (tertiary alicyclic amines) is 1. The van der Waals surface area contributed by atoms with Gasteiger partial charge in [0.05, 0.1) is 6.26 Å². The Morgan fingerprint density at radius 2 is 2.00 bits per heavy atom. The van der Waals surface area contributed by atoms with Crippen molar-refractivity contribution in [1.82, 2.24) is 14.5 Å². The van der Waals surface area contributed by atoms with Crippen molar-refractivity contribution < 1.29 is 13.2 Å². The smallest absolute Gasteiger partial charge is 0.242 e. The SMILES string of the molecule is CC[C@H]1CCCCN1CCCNC(=O)[C@H](c1ccccc1)N(C)S(C)(=O)=O. The molecule has 2 rings (SSSR count). The molecule has 1 aliphatic heterocycles. The Bertz CT molecular complexity index is 694. The summed E-state index contributed by atoms with van der Waals surface area (Å²) in [5.74, 6) is -0.278. The molecule has 1 aromatic rings. The van der Waals surface area contributed by atoms with Crippen LogP contribution in [0.5, 0.6) is 0 Å². The molecule has 2 atom stereocenters. The molecule has 0 radical (unpaired) electrons. The van der Waals surface area contributed by atoms with E-state index in [1.807, 2.05) is 18.2 Å². The minimum atomic E-state index is -3.49. The topological polar surface area (TPSA) is 69.7 Å². The van der Waals surface area contributed by atoms with Crippen LogP contribution >= 0.6 is 0 Å². The molecular weight excluding hydrogens is 362 g/mol. The van der Waals surface area contributed by atoms with Gasteiger partial charge in [0.2, 0.25) is 15.9 Å². The van der Waals surface area contributed by atoms with Crippen molar-refractivity contribution >= 4 is 15.9 Å². The van der Waals surface area contributed by atoms with Crippen molar-refractivity contribution in [3.63, 3.8) is 0 Å². The third kappa shape index (κ3) is 6.30. The molecule has 0 saturated carbocycles. The molecule has 1 aliphatic rings. The summed E-state index contributed by atoms with van der Waals surface area (Å²) in [5.41, 5.74) is 0.671. The average molecular weight is 396 g/mol. The molecule has 0 spiro atoms. The molecule has 0 aliphatic carbocycles. The van der Waals surface area contributed by atoms with Gasteiger partial charge in [-0.2, -0.15) is 4.31 Å². The number of carbonyl (C=O) groups is 1. The fourth-order valence-electron chi connectivity index (χ4n) is 3.76. The predicted molar refractivity (Wildman–Crippen MR) is 109 cm³/mol. The second-order valence-electron chi connectivity index (χ2n) is 7.33. The first-order valence-corrected chi connectivity index (χ1v) is 11.7. The summed E-state index contributed by atoms with van der Waals surface area (Å²) in [4.78, 5) is 15.3. The van der Waals surface area contributed by atoms with E-state index < -0.39 is 16.1 Å². The summed E-state index contributed by atoms with van der Waals surface area (Å²) in [6.07, 6.45) is 6.98. The van der Waals surface area contributed by atoms with Gasteiger partial charge < -0.3 is 10.2 Å². The first-order valence-electron chi connectivity index (χ1n) is 9.84. The Labute approximate surface area is 164 Å². The molecule has 1 aromatic carbocycles. The van der Waals surface area contributed by atoms with Crippen molar-refractivity contribution in [3.05, 3.63) is 35.9 Å². The molecule has 27 heavy (non-hydrogen) atoms. The lowest BCUT2D eigenvalue weighted by Gasteiger charge is -2.35. The number of benzene rings is 1. The van der Waals surface area contributed by atoms with Gasteiger partial charge in [-0.3, -0.25) is 4.79 Å². The third-order valence-corrected chi connectivity index (χ3v) is 6.65. The molecule has 1 amide bonds. The van der Waals surface area contributed by atoms with Gasteiger partial charge in [-0.05, 0) is 37.8 Å². The second-order valence-corrected chi connectivity index (χ2v) is 9.37. The highest BCUT2D eigenvalue weighted by atomic mass is 32.2. The maximum Gasteiger partial charge on any atom is 0.242 e. The fourth-order valence-corrected chi connectivity index (χ4v) is 4.36. The number of likely N-dealkylation sites (N-methyl/N-ethyl adjacent to an activating group) is 1. The molecule has 0 aromatic heterocycles. The summed E-state index contributed by atoms with van der Waals surface area (Å²) >= 11 is 0. The third-order valence-electron chi connectivity index (χ3n) is 5.39. The van der Waals surface area contributed by atoms with Crippen molar-refractivity contribution in [2.75, 3.05) is 32.9 Å². The maximum absolute atomic E-state index is 12.8. The minimum Gasteiger partial charge on any atom is -0.354 e. The quantitative estimate of drug-likeness (QED) is 0.652. The number of nitrogens with zero attached hydrogens (tertiary/aromatic N) is 2. The van der Waals surface area contributed by atoms with Crippen LogP contribution in [0.1, 0.15) is 50.6 Å². The summed E-state index contributed by atoms with van der Waals surface area (Å²) in [6.45, 7) is 4.88. The molecule has 6 nitrogen and oxygen atoms in total. The van der Waals surface area contributed by atoms with Crippen molar-refractivity contribution in [2.24, 2.45) is 0 Å². The van der Waals surface area contributed by atoms with E-state index in [4.69, 9.17) is 0 Å². The van der Waals surface area contributed by atoms with Crippen LogP contribution < -0.4 is 5.32 Å². The lowest BCUT2D eigenvalue weighted by Crippen LogP contribution is -2.43. The number of piperidine rings is 1. The lowest BCUT2D eigenvalue weighted by molar-refractivity contribution is -0.124. The fraction of sp³-hybridized carbons (Fsp3) is 0.650. The van der Waals surface area contributed by atoms with Crippen LogP contribution in [0, 0.1) is 0 Å². The van der Waals surface area contributed by atoms with Crippen molar-refractivity contribution in [3.8, 4) is 0 Å². The number of amides is 1. The highest BCUT2D eigenvalue weighted by Crippen LogP contribution is 2.22. The summed E-state index contributed by atoms with van der Waals surface area (Å²) in [7, 11) is -2.04. The second kappa shape index (κ2) is 10.2. The highest BCUT2D eigenvalue weighted by molar-refractivity contribution is 7.88. The Balaban J connectivity index is 1.94. The Morgan fingerprint density at radius 1 is 1.30 bits per heavy atom. The zero-order valence-corrected chi connectivity index (χ0v) is 17.5.